The summed E-state index contributed by atoms with van der Waals surface area (Å²) in [6.45, 7) is 3.36. The third kappa shape index (κ3) is 5.40. The van der Waals surface area contributed by atoms with Crippen LogP contribution in [0.3, 0.4) is 0 Å². The van der Waals surface area contributed by atoms with Gasteiger partial charge in [0.2, 0.25) is 10.0 Å². The van der Waals surface area contributed by atoms with Crippen molar-refractivity contribution in [3.05, 3.63) is 95.8 Å². The highest BCUT2D eigenvalue weighted by atomic mass is 32.2. The van der Waals surface area contributed by atoms with Crippen LogP contribution in [-0.2, 0) is 23.1 Å². The van der Waals surface area contributed by atoms with Gasteiger partial charge in [0.1, 0.15) is 0 Å². The molecule has 0 spiro atoms. The van der Waals surface area contributed by atoms with Gasteiger partial charge in [0.15, 0.2) is 0 Å². The zero-order valence-corrected chi connectivity index (χ0v) is 18.5. The average Bonchev–Trinajstić information content (AvgIpc) is 2.84. The maximum absolute atomic E-state index is 12.8. The number of nitrogens with zero attached hydrogens (tertiary/aromatic N) is 3. The van der Waals surface area contributed by atoms with Gasteiger partial charge in [0.25, 0.3) is 5.91 Å². The topological polar surface area (TPSA) is 82.6 Å². The molecule has 1 saturated heterocycles. The molecule has 1 fully saturated rings. The van der Waals surface area contributed by atoms with Gasteiger partial charge in [-0.25, -0.2) is 8.42 Å². The molecule has 1 N–H and O–H groups in total. The number of hydrogen-bond acceptors (Lipinski definition) is 5. The lowest BCUT2D eigenvalue weighted by atomic mass is 10.1. The van der Waals surface area contributed by atoms with Gasteiger partial charge in [-0.2, -0.15) is 4.31 Å². The number of rotatable bonds is 7. The summed E-state index contributed by atoms with van der Waals surface area (Å²) in [5, 5.41) is 2.87. The summed E-state index contributed by atoms with van der Waals surface area (Å²) in [6.07, 6.45) is 1.70. The standard InChI is InChI=1S/C24H26N4O3S/c29-24(26-18-22-6-4-5-13-25-22)21-11-9-20(10-12-21)19-27-14-16-28(17-15-27)32(30,31)23-7-2-1-3-8-23/h1-13H,14-19H2,(H,26,29). The molecule has 0 unspecified atom stereocenters. The Kier molecular flexibility index (Phi) is 6.94. The number of pyridine rings is 1. The van der Waals surface area contributed by atoms with Crippen LogP contribution >= 0.6 is 0 Å². The molecule has 4 rings (SSSR count). The molecular weight excluding hydrogens is 424 g/mol. The smallest absolute Gasteiger partial charge is 0.251 e. The maximum Gasteiger partial charge on any atom is 0.251 e. The monoisotopic (exact) mass is 450 g/mol. The largest absolute Gasteiger partial charge is 0.346 e. The van der Waals surface area contributed by atoms with Crippen LogP contribution in [0.5, 0.6) is 0 Å². The molecule has 0 atom stereocenters. The Labute approximate surface area is 188 Å². The second kappa shape index (κ2) is 10.0. The lowest BCUT2D eigenvalue weighted by Gasteiger charge is -2.34. The summed E-state index contributed by atoms with van der Waals surface area (Å²) in [6, 6.07) is 21.7. The predicted molar refractivity (Wildman–Crippen MR) is 122 cm³/mol. The summed E-state index contributed by atoms with van der Waals surface area (Å²) in [5.41, 5.74) is 2.50. The highest BCUT2D eigenvalue weighted by Gasteiger charge is 2.28. The summed E-state index contributed by atoms with van der Waals surface area (Å²) in [4.78, 5) is 19.1. The minimum Gasteiger partial charge on any atom is -0.346 e. The summed E-state index contributed by atoms with van der Waals surface area (Å²) >= 11 is 0. The van der Waals surface area contributed by atoms with Crippen molar-refractivity contribution in [3.8, 4) is 0 Å². The molecule has 3 aromatic rings. The van der Waals surface area contributed by atoms with Crippen LogP contribution in [0.25, 0.3) is 0 Å². The molecule has 1 aromatic heterocycles. The van der Waals surface area contributed by atoms with Crippen LogP contribution in [0.2, 0.25) is 0 Å². The first kappa shape index (κ1) is 22.1. The molecule has 32 heavy (non-hydrogen) atoms. The SMILES string of the molecule is O=C(NCc1ccccn1)c1ccc(CN2CCN(S(=O)(=O)c3ccccc3)CC2)cc1. The molecule has 1 amide bonds. The molecule has 2 heterocycles. The van der Waals surface area contributed by atoms with E-state index in [1.165, 1.54) is 0 Å². The molecule has 7 nitrogen and oxygen atoms in total. The van der Waals surface area contributed by atoms with Crippen LogP contribution < -0.4 is 5.32 Å². The third-order valence-electron chi connectivity index (χ3n) is 5.49. The fourth-order valence-corrected chi connectivity index (χ4v) is 5.11. The van der Waals surface area contributed by atoms with Crippen molar-refractivity contribution in [3.63, 3.8) is 0 Å². The number of nitrogens with one attached hydrogen (secondary N) is 1. The second-order valence-corrected chi connectivity index (χ2v) is 9.63. The summed E-state index contributed by atoms with van der Waals surface area (Å²) < 4.78 is 27.1. The number of hydrogen-bond donors (Lipinski definition) is 1. The quantitative estimate of drug-likeness (QED) is 0.598. The molecule has 8 heteroatoms. The second-order valence-electron chi connectivity index (χ2n) is 7.69. The highest BCUT2D eigenvalue weighted by Crippen LogP contribution is 2.18. The first-order chi connectivity index (χ1) is 15.5. The van der Waals surface area contributed by atoms with Crippen molar-refractivity contribution in [1.29, 1.82) is 0 Å². The van der Waals surface area contributed by atoms with E-state index in [0.29, 0.717) is 43.2 Å². The van der Waals surface area contributed by atoms with Crippen molar-refractivity contribution >= 4 is 15.9 Å². The molecule has 1 aliphatic rings. The number of sulfonamides is 1. The van der Waals surface area contributed by atoms with E-state index < -0.39 is 10.0 Å². The number of aromatic nitrogens is 1. The number of benzene rings is 2. The summed E-state index contributed by atoms with van der Waals surface area (Å²) in [7, 11) is -3.44. The fourth-order valence-electron chi connectivity index (χ4n) is 3.66. The lowest BCUT2D eigenvalue weighted by molar-refractivity contribution is 0.0950. The Bertz CT molecular complexity index is 1130. The van der Waals surface area contributed by atoms with E-state index in [1.807, 2.05) is 48.5 Å². The van der Waals surface area contributed by atoms with Gasteiger partial charge in [0, 0.05) is 44.5 Å². The van der Waals surface area contributed by atoms with Gasteiger partial charge in [-0.15, -0.1) is 0 Å². The highest BCUT2D eigenvalue weighted by molar-refractivity contribution is 7.89. The predicted octanol–water partition coefficient (Wildman–Crippen LogP) is 2.52. The number of carbonyl (C=O) groups excluding carboxylic acids is 1. The van der Waals surface area contributed by atoms with Crippen molar-refractivity contribution < 1.29 is 13.2 Å². The minimum absolute atomic E-state index is 0.137. The molecule has 0 radical (unpaired) electrons. The average molecular weight is 451 g/mol. The molecule has 0 saturated carbocycles. The van der Waals surface area contributed by atoms with E-state index in [0.717, 1.165) is 17.8 Å². The van der Waals surface area contributed by atoms with E-state index in [4.69, 9.17) is 0 Å². The van der Waals surface area contributed by atoms with Crippen LogP contribution in [0, 0.1) is 0 Å². The minimum atomic E-state index is -3.44. The van der Waals surface area contributed by atoms with Gasteiger partial charge >= 0.3 is 0 Å². The Balaban J connectivity index is 1.28. The molecule has 0 bridgehead atoms. The summed E-state index contributed by atoms with van der Waals surface area (Å²) in [5.74, 6) is -0.137. The number of carbonyl (C=O) groups is 1. The Morgan fingerprint density at radius 3 is 2.22 bits per heavy atom. The molecule has 2 aromatic carbocycles. The van der Waals surface area contributed by atoms with Crippen LogP contribution in [0.15, 0.2) is 83.9 Å². The van der Waals surface area contributed by atoms with Gasteiger partial charge in [0.05, 0.1) is 17.1 Å². The van der Waals surface area contributed by atoms with Crippen LogP contribution in [0.4, 0.5) is 0 Å². The molecular formula is C24H26N4O3S. The Morgan fingerprint density at radius 1 is 0.875 bits per heavy atom. The van der Waals surface area contributed by atoms with E-state index in [1.54, 1.807) is 34.8 Å². The van der Waals surface area contributed by atoms with Gasteiger partial charge in [-0.05, 0) is 42.0 Å². The normalized spacial score (nSPS) is 15.4. The van der Waals surface area contributed by atoms with Crippen molar-refractivity contribution in [2.24, 2.45) is 0 Å². The van der Waals surface area contributed by atoms with Crippen molar-refractivity contribution in [2.75, 3.05) is 26.2 Å². The van der Waals surface area contributed by atoms with E-state index in [9.17, 15) is 13.2 Å². The molecule has 166 valence electrons. The van der Waals surface area contributed by atoms with Gasteiger partial charge in [-0.1, -0.05) is 36.4 Å². The van der Waals surface area contributed by atoms with Crippen LogP contribution in [0.1, 0.15) is 21.6 Å². The molecule has 1 aliphatic heterocycles. The van der Waals surface area contributed by atoms with Gasteiger partial charge < -0.3 is 5.32 Å². The van der Waals surface area contributed by atoms with E-state index in [2.05, 4.69) is 15.2 Å². The van der Waals surface area contributed by atoms with Crippen molar-refractivity contribution in [1.82, 2.24) is 19.5 Å². The zero-order chi connectivity index (χ0) is 22.4. The van der Waals surface area contributed by atoms with E-state index in [-0.39, 0.29) is 5.91 Å². The zero-order valence-electron chi connectivity index (χ0n) is 17.7. The first-order valence-corrected chi connectivity index (χ1v) is 12.0. The number of amides is 1. The van der Waals surface area contributed by atoms with E-state index >= 15 is 0 Å². The Morgan fingerprint density at radius 2 is 1.56 bits per heavy atom. The lowest BCUT2D eigenvalue weighted by Crippen LogP contribution is -2.48. The van der Waals surface area contributed by atoms with Crippen molar-refractivity contribution in [2.45, 2.75) is 18.0 Å². The Hall–Kier alpha value is -3.07. The molecule has 0 aliphatic carbocycles. The first-order valence-electron chi connectivity index (χ1n) is 10.6. The van der Waals surface area contributed by atoms with Crippen LogP contribution in [-0.4, -0.2) is 54.7 Å². The fraction of sp³-hybridized carbons (Fsp3) is 0.250. The number of piperazine rings is 1. The van der Waals surface area contributed by atoms with Gasteiger partial charge in [-0.3, -0.25) is 14.7 Å². The third-order valence-corrected chi connectivity index (χ3v) is 7.40. The maximum atomic E-state index is 12.8.